The van der Waals surface area contributed by atoms with E-state index in [1.165, 1.54) is 0 Å². The van der Waals surface area contributed by atoms with Crippen LogP contribution in [0.25, 0.3) is 0 Å². The van der Waals surface area contributed by atoms with Gasteiger partial charge in [-0.1, -0.05) is 72.3 Å². The highest BCUT2D eigenvalue weighted by Crippen LogP contribution is 2.12. The molecular weight excluding hydrogens is 376 g/mol. The summed E-state index contributed by atoms with van der Waals surface area (Å²) in [6.45, 7) is 0.707. The van der Waals surface area contributed by atoms with Gasteiger partial charge in [-0.3, -0.25) is 0 Å². The molecule has 0 N–H and O–H groups in total. The summed E-state index contributed by atoms with van der Waals surface area (Å²) in [5.41, 5.74) is 2.45. The van der Waals surface area contributed by atoms with Gasteiger partial charge in [0, 0.05) is 5.02 Å². The van der Waals surface area contributed by atoms with Crippen LogP contribution in [0.15, 0.2) is 84.9 Å². The van der Waals surface area contributed by atoms with Gasteiger partial charge in [0.25, 0.3) is 0 Å². The van der Waals surface area contributed by atoms with Gasteiger partial charge in [0.1, 0.15) is 6.61 Å². The minimum absolute atomic E-state index is 0.0128. The highest BCUT2D eigenvalue weighted by Gasteiger charge is 2.15. The second-order valence-corrected chi connectivity index (χ2v) is 6.56. The zero-order valence-corrected chi connectivity index (χ0v) is 16.0. The molecular formula is C23H21ClO4. The molecule has 3 aromatic rings. The molecule has 0 aliphatic carbocycles. The Balaban J connectivity index is 1.57. The minimum Gasteiger partial charge on any atom is -0.457 e. The predicted molar refractivity (Wildman–Crippen MR) is 108 cm³/mol. The molecule has 0 spiro atoms. The first-order chi connectivity index (χ1) is 13.7. The van der Waals surface area contributed by atoms with Crippen molar-refractivity contribution < 1.29 is 19.0 Å². The zero-order valence-electron chi connectivity index (χ0n) is 15.3. The van der Waals surface area contributed by atoms with Gasteiger partial charge in [-0.25, -0.2) is 4.79 Å². The molecule has 0 unspecified atom stereocenters. The Morgan fingerprint density at radius 2 is 1.25 bits per heavy atom. The average molecular weight is 397 g/mol. The summed E-state index contributed by atoms with van der Waals surface area (Å²) >= 11 is 5.85. The summed E-state index contributed by atoms with van der Waals surface area (Å²) in [7, 11) is 0. The fraction of sp³-hybridized carbons (Fsp3) is 0.174. The summed E-state index contributed by atoms with van der Waals surface area (Å²) in [6.07, 6.45) is -0.684. The number of halogens is 1. The normalized spacial score (nSPS) is 10.8. The summed E-state index contributed by atoms with van der Waals surface area (Å²) in [5, 5.41) is 0.562. The van der Waals surface area contributed by atoms with Gasteiger partial charge in [0.05, 0.1) is 18.8 Å². The van der Waals surface area contributed by atoms with E-state index in [0.717, 1.165) is 11.1 Å². The molecule has 3 rings (SSSR count). The Bertz CT molecular complexity index is 807. The third kappa shape index (κ3) is 6.50. The van der Waals surface area contributed by atoms with E-state index in [9.17, 15) is 4.79 Å². The summed E-state index contributed by atoms with van der Waals surface area (Å²) in [4.78, 5) is 12.2. The number of rotatable bonds is 9. The predicted octanol–water partition coefficient (Wildman–Crippen LogP) is 5.26. The fourth-order valence-corrected chi connectivity index (χ4v) is 2.61. The molecule has 0 bridgehead atoms. The highest BCUT2D eigenvalue weighted by molar-refractivity contribution is 6.30. The van der Waals surface area contributed by atoms with Crippen molar-refractivity contribution in [3.8, 4) is 0 Å². The van der Waals surface area contributed by atoms with Crippen LogP contribution in [0.4, 0.5) is 0 Å². The van der Waals surface area contributed by atoms with Crippen molar-refractivity contribution in [3.63, 3.8) is 0 Å². The van der Waals surface area contributed by atoms with Gasteiger partial charge < -0.3 is 14.2 Å². The molecule has 0 atom stereocenters. The third-order valence-electron chi connectivity index (χ3n) is 3.99. The SMILES string of the molecule is O=C(OCC(OCc1ccccc1)OCc1ccccc1)c1ccc(Cl)cc1. The fourth-order valence-electron chi connectivity index (χ4n) is 2.48. The molecule has 28 heavy (non-hydrogen) atoms. The molecule has 0 saturated carbocycles. The van der Waals surface area contributed by atoms with Crippen molar-refractivity contribution in [2.24, 2.45) is 0 Å². The van der Waals surface area contributed by atoms with Crippen LogP contribution >= 0.6 is 11.6 Å². The lowest BCUT2D eigenvalue weighted by Gasteiger charge is -2.19. The van der Waals surface area contributed by atoms with Crippen molar-refractivity contribution in [1.82, 2.24) is 0 Å². The Kier molecular flexibility index (Phi) is 7.62. The second kappa shape index (κ2) is 10.6. The molecule has 0 amide bonds. The van der Waals surface area contributed by atoms with Crippen LogP contribution in [0.5, 0.6) is 0 Å². The number of hydrogen-bond donors (Lipinski definition) is 0. The first-order valence-corrected chi connectivity index (χ1v) is 9.32. The largest absolute Gasteiger partial charge is 0.457 e. The van der Waals surface area contributed by atoms with Crippen molar-refractivity contribution in [2.45, 2.75) is 19.5 Å². The molecule has 3 aromatic carbocycles. The van der Waals surface area contributed by atoms with E-state index in [1.807, 2.05) is 60.7 Å². The maximum Gasteiger partial charge on any atom is 0.338 e. The molecule has 144 valence electrons. The lowest BCUT2D eigenvalue weighted by Crippen LogP contribution is -2.25. The van der Waals surface area contributed by atoms with Crippen LogP contribution in [0.1, 0.15) is 21.5 Å². The van der Waals surface area contributed by atoms with E-state index in [-0.39, 0.29) is 6.61 Å². The van der Waals surface area contributed by atoms with Crippen molar-refractivity contribution >= 4 is 17.6 Å². The van der Waals surface area contributed by atoms with E-state index >= 15 is 0 Å². The standard InChI is InChI=1S/C23H21ClO4/c24-21-13-11-20(12-14-21)23(25)28-17-22(26-15-18-7-3-1-4-8-18)27-16-19-9-5-2-6-10-19/h1-14,22H,15-17H2. The van der Waals surface area contributed by atoms with Gasteiger partial charge >= 0.3 is 5.97 Å². The Morgan fingerprint density at radius 1 is 0.750 bits per heavy atom. The van der Waals surface area contributed by atoms with E-state index in [1.54, 1.807) is 24.3 Å². The average Bonchev–Trinajstić information content (AvgIpc) is 2.75. The molecule has 0 radical (unpaired) electrons. The lowest BCUT2D eigenvalue weighted by atomic mass is 10.2. The van der Waals surface area contributed by atoms with Crippen molar-refractivity contribution in [2.75, 3.05) is 6.61 Å². The van der Waals surface area contributed by atoms with E-state index in [2.05, 4.69) is 0 Å². The van der Waals surface area contributed by atoms with E-state index < -0.39 is 12.3 Å². The molecule has 0 aromatic heterocycles. The first-order valence-electron chi connectivity index (χ1n) is 8.94. The van der Waals surface area contributed by atoms with Gasteiger partial charge in [0.15, 0.2) is 6.29 Å². The van der Waals surface area contributed by atoms with Crippen molar-refractivity contribution in [3.05, 3.63) is 107 Å². The Hall–Kier alpha value is -2.66. The molecule has 5 heteroatoms. The third-order valence-corrected chi connectivity index (χ3v) is 4.24. The summed E-state index contributed by atoms with van der Waals surface area (Å²) < 4.78 is 17.0. The number of hydrogen-bond acceptors (Lipinski definition) is 4. The van der Waals surface area contributed by atoms with Crippen LogP contribution in [0.3, 0.4) is 0 Å². The van der Waals surface area contributed by atoms with Gasteiger partial charge in [-0.05, 0) is 35.4 Å². The number of ether oxygens (including phenoxy) is 3. The van der Waals surface area contributed by atoms with Crippen LogP contribution in [0, 0.1) is 0 Å². The lowest BCUT2D eigenvalue weighted by molar-refractivity contribution is -0.176. The maximum atomic E-state index is 12.2. The van der Waals surface area contributed by atoms with Crippen LogP contribution in [-0.4, -0.2) is 18.9 Å². The summed E-state index contributed by atoms with van der Waals surface area (Å²) in [5.74, 6) is -0.451. The molecule has 0 saturated heterocycles. The van der Waals surface area contributed by atoms with Gasteiger partial charge in [-0.2, -0.15) is 0 Å². The monoisotopic (exact) mass is 396 g/mol. The Labute approximate surface area is 169 Å². The van der Waals surface area contributed by atoms with Gasteiger partial charge in [-0.15, -0.1) is 0 Å². The topological polar surface area (TPSA) is 44.8 Å². The Morgan fingerprint density at radius 3 is 1.75 bits per heavy atom. The molecule has 0 aliphatic heterocycles. The van der Waals surface area contributed by atoms with Crippen molar-refractivity contribution in [1.29, 1.82) is 0 Å². The zero-order chi connectivity index (χ0) is 19.6. The molecule has 0 fully saturated rings. The van der Waals surface area contributed by atoms with Gasteiger partial charge in [0.2, 0.25) is 0 Å². The highest BCUT2D eigenvalue weighted by atomic mass is 35.5. The first kappa shape index (κ1) is 20.1. The minimum atomic E-state index is -0.684. The van der Waals surface area contributed by atoms with Crippen LogP contribution in [0.2, 0.25) is 5.02 Å². The maximum absolute atomic E-state index is 12.2. The smallest absolute Gasteiger partial charge is 0.338 e. The second-order valence-electron chi connectivity index (χ2n) is 6.13. The molecule has 4 nitrogen and oxygen atoms in total. The van der Waals surface area contributed by atoms with E-state index in [4.69, 9.17) is 25.8 Å². The van der Waals surface area contributed by atoms with Crippen LogP contribution < -0.4 is 0 Å². The molecule has 0 aliphatic rings. The van der Waals surface area contributed by atoms with Crippen LogP contribution in [-0.2, 0) is 27.4 Å². The number of carbonyl (C=O) groups excluding carboxylic acids is 1. The summed E-state index contributed by atoms with van der Waals surface area (Å²) in [6, 6.07) is 26.1. The molecule has 0 heterocycles. The quantitative estimate of drug-likeness (QED) is 0.365. The number of carbonyl (C=O) groups is 1. The van der Waals surface area contributed by atoms with E-state index in [0.29, 0.717) is 23.8 Å². The number of benzene rings is 3. The number of esters is 1.